The van der Waals surface area contributed by atoms with Crippen LogP contribution in [0.1, 0.15) is 30.7 Å². The van der Waals surface area contributed by atoms with Crippen molar-refractivity contribution in [3.8, 4) is 11.5 Å². The maximum absolute atomic E-state index is 10.6. The molecule has 0 saturated heterocycles. The number of ether oxygens (including phenoxy) is 2. The third-order valence-electron chi connectivity index (χ3n) is 4.29. The van der Waals surface area contributed by atoms with Crippen LogP contribution in [0.2, 0.25) is 5.02 Å². The molecule has 4 rings (SSSR count). The second-order valence-electron chi connectivity index (χ2n) is 6.28. The van der Waals surface area contributed by atoms with Crippen molar-refractivity contribution in [1.82, 2.24) is 19.6 Å². The fourth-order valence-corrected chi connectivity index (χ4v) is 3.29. The maximum Gasteiger partial charge on any atom is 0.254 e. The molecule has 0 saturated carbocycles. The van der Waals surface area contributed by atoms with Crippen LogP contribution in [0.25, 0.3) is 5.78 Å². The Hall–Kier alpha value is -2.58. The van der Waals surface area contributed by atoms with Gasteiger partial charge in [0.05, 0.1) is 11.1 Å². The van der Waals surface area contributed by atoms with Crippen LogP contribution in [0, 0.1) is 0 Å². The second-order valence-corrected chi connectivity index (χ2v) is 6.69. The fourth-order valence-electron chi connectivity index (χ4n) is 3.01. The minimum absolute atomic E-state index is 0.264. The summed E-state index contributed by atoms with van der Waals surface area (Å²) in [6, 6.07) is 5.38. The Kier molecular flexibility index (Phi) is 5.00. The molecule has 142 valence electrons. The summed E-state index contributed by atoms with van der Waals surface area (Å²) < 4.78 is 12.7. The number of aryl methyl sites for hydroxylation is 1. The first-order valence-corrected chi connectivity index (χ1v) is 9.24. The van der Waals surface area contributed by atoms with E-state index in [-0.39, 0.29) is 6.54 Å². The van der Waals surface area contributed by atoms with Crippen molar-refractivity contribution in [1.29, 1.82) is 0 Å². The molecule has 0 aliphatic carbocycles. The van der Waals surface area contributed by atoms with Gasteiger partial charge in [-0.25, -0.2) is 4.98 Å². The van der Waals surface area contributed by atoms with Crippen LogP contribution in [-0.4, -0.2) is 44.4 Å². The highest BCUT2D eigenvalue weighted by atomic mass is 35.5. The molecule has 0 fully saturated rings. The van der Waals surface area contributed by atoms with Gasteiger partial charge in [-0.05, 0) is 24.1 Å². The molecule has 1 aromatic carbocycles. The van der Waals surface area contributed by atoms with Gasteiger partial charge >= 0.3 is 0 Å². The highest BCUT2D eigenvalue weighted by Crippen LogP contribution is 2.39. The van der Waals surface area contributed by atoms with E-state index < -0.39 is 6.10 Å². The summed E-state index contributed by atoms with van der Waals surface area (Å²) in [5, 5.41) is 18.5. The minimum atomic E-state index is -0.792. The number of aliphatic hydroxyl groups is 1. The van der Waals surface area contributed by atoms with Gasteiger partial charge in [0.25, 0.3) is 5.78 Å². The summed E-state index contributed by atoms with van der Waals surface area (Å²) >= 11 is 6.26. The molecule has 2 N–H and O–H groups in total. The zero-order chi connectivity index (χ0) is 18.8. The van der Waals surface area contributed by atoms with Crippen LogP contribution >= 0.6 is 11.6 Å². The molecule has 3 heterocycles. The average Bonchev–Trinajstić information content (AvgIpc) is 3.15. The molecule has 2 aromatic heterocycles. The van der Waals surface area contributed by atoms with Crippen LogP contribution < -0.4 is 14.8 Å². The van der Waals surface area contributed by atoms with Crippen LogP contribution in [0.3, 0.4) is 0 Å². The number of fused-ring (bicyclic) bond motifs is 2. The van der Waals surface area contributed by atoms with E-state index in [1.165, 1.54) is 6.33 Å². The minimum Gasteiger partial charge on any atom is -0.486 e. The molecule has 0 radical (unpaired) electrons. The first-order valence-electron chi connectivity index (χ1n) is 8.86. The molecule has 3 aromatic rings. The van der Waals surface area contributed by atoms with Gasteiger partial charge in [-0.15, -0.1) is 0 Å². The smallest absolute Gasteiger partial charge is 0.254 e. The standard InChI is InChI=1S/C18H20ClN5O3/c1-2-3-12-8-16(24-18(23-12)21-10-22-24)20-9-14(25)11-6-13(19)17-15(7-11)26-4-5-27-17/h6-8,10,14,20,25H,2-5,9H2,1H3/t14-/m1/s1. The molecule has 9 heteroatoms. The van der Waals surface area contributed by atoms with Gasteiger partial charge in [0.1, 0.15) is 25.4 Å². The van der Waals surface area contributed by atoms with Crippen LogP contribution in [0.5, 0.6) is 11.5 Å². The lowest BCUT2D eigenvalue weighted by molar-refractivity contribution is 0.167. The summed E-state index contributed by atoms with van der Waals surface area (Å²) in [6.07, 6.45) is 2.49. The monoisotopic (exact) mass is 389 g/mol. The number of hydrogen-bond donors (Lipinski definition) is 2. The Morgan fingerprint density at radius 2 is 2.15 bits per heavy atom. The predicted octanol–water partition coefficient (Wildman–Crippen LogP) is 2.65. The Labute approximate surface area is 161 Å². The van der Waals surface area contributed by atoms with Gasteiger partial charge in [0.2, 0.25) is 0 Å². The molecule has 0 spiro atoms. The third-order valence-corrected chi connectivity index (χ3v) is 4.57. The van der Waals surface area contributed by atoms with Crippen molar-refractivity contribution < 1.29 is 14.6 Å². The lowest BCUT2D eigenvalue weighted by atomic mass is 10.1. The highest BCUT2D eigenvalue weighted by molar-refractivity contribution is 6.32. The van der Waals surface area contributed by atoms with Crippen molar-refractivity contribution in [3.63, 3.8) is 0 Å². The van der Waals surface area contributed by atoms with Gasteiger partial charge in [-0.1, -0.05) is 24.9 Å². The molecular weight excluding hydrogens is 370 g/mol. The van der Waals surface area contributed by atoms with E-state index in [9.17, 15) is 5.11 Å². The van der Waals surface area contributed by atoms with E-state index in [4.69, 9.17) is 21.1 Å². The Bertz CT molecular complexity index is 962. The number of benzene rings is 1. The van der Waals surface area contributed by atoms with Crippen LogP contribution in [0.15, 0.2) is 24.5 Å². The largest absolute Gasteiger partial charge is 0.486 e. The van der Waals surface area contributed by atoms with E-state index in [2.05, 4.69) is 27.3 Å². The fraction of sp³-hybridized carbons (Fsp3) is 0.389. The quantitative estimate of drug-likeness (QED) is 0.669. The van der Waals surface area contributed by atoms with Crippen molar-refractivity contribution in [2.45, 2.75) is 25.9 Å². The highest BCUT2D eigenvalue weighted by Gasteiger charge is 2.20. The number of aliphatic hydroxyl groups excluding tert-OH is 1. The van der Waals surface area contributed by atoms with E-state index in [1.807, 2.05) is 6.07 Å². The van der Waals surface area contributed by atoms with Gasteiger partial charge in [-0.3, -0.25) is 0 Å². The second kappa shape index (κ2) is 7.58. The first-order chi connectivity index (χ1) is 13.2. The molecule has 1 aliphatic rings. The number of rotatable bonds is 6. The zero-order valence-corrected chi connectivity index (χ0v) is 15.6. The van der Waals surface area contributed by atoms with Crippen LogP contribution in [-0.2, 0) is 6.42 Å². The van der Waals surface area contributed by atoms with Gasteiger partial charge in [-0.2, -0.15) is 14.6 Å². The van der Waals surface area contributed by atoms with Crippen molar-refractivity contribution >= 4 is 23.2 Å². The van der Waals surface area contributed by atoms with Gasteiger partial charge < -0.3 is 19.9 Å². The Balaban J connectivity index is 1.54. The van der Waals surface area contributed by atoms with E-state index in [1.54, 1.807) is 16.6 Å². The summed E-state index contributed by atoms with van der Waals surface area (Å²) in [6.45, 7) is 3.29. The molecule has 1 atom stereocenters. The predicted molar refractivity (Wildman–Crippen MR) is 101 cm³/mol. The summed E-state index contributed by atoms with van der Waals surface area (Å²) in [5.74, 6) is 2.33. The summed E-state index contributed by atoms with van der Waals surface area (Å²) in [7, 11) is 0. The lowest BCUT2D eigenvalue weighted by Crippen LogP contribution is -2.18. The zero-order valence-electron chi connectivity index (χ0n) is 14.9. The summed E-state index contributed by atoms with van der Waals surface area (Å²) in [5.41, 5.74) is 1.58. The molecule has 1 aliphatic heterocycles. The molecule has 27 heavy (non-hydrogen) atoms. The molecule has 8 nitrogen and oxygen atoms in total. The topological polar surface area (TPSA) is 93.8 Å². The number of aromatic nitrogens is 4. The van der Waals surface area contributed by atoms with E-state index in [0.29, 0.717) is 41.1 Å². The molecular formula is C18H20ClN5O3. The van der Waals surface area contributed by atoms with Gasteiger partial charge in [0.15, 0.2) is 11.5 Å². The molecule has 0 amide bonds. The van der Waals surface area contributed by atoms with Crippen LogP contribution in [0.4, 0.5) is 5.82 Å². The SMILES string of the molecule is CCCc1cc(NC[C@@H](O)c2cc(Cl)c3c(c2)OCCO3)n2ncnc2n1. The summed E-state index contributed by atoms with van der Waals surface area (Å²) in [4.78, 5) is 8.63. The van der Waals surface area contributed by atoms with Crippen molar-refractivity contribution in [2.75, 3.05) is 25.1 Å². The molecule has 0 unspecified atom stereocenters. The van der Waals surface area contributed by atoms with E-state index >= 15 is 0 Å². The molecule has 0 bridgehead atoms. The Morgan fingerprint density at radius 3 is 3.00 bits per heavy atom. The number of nitrogens with one attached hydrogen (secondary N) is 1. The van der Waals surface area contributed by atoms with Gasteiger partial charge in [0, 0.05) is 18.3 Å². The third kappa shape index (κ3) is 3.63. The maximum atomic E-state index is 10.6. The number of anilines is 1. The normalized spacial score (nSPS) is 14.3. The van der Waals surface area contributed by atoms with E-state index in [0.717, 1.165) is 24.4 Å². The number of hydrogen-bond acceptors (Lipinski definition) is 7. The first kappa shape index (κ1) is 17.8. The number of nitrogens with zero attached hydrogens (tertiary/aromatic N) is 4. The average molecular weight is 390 g/mol. The Morgan fingerprint density at radius 1 is 1.30 bits per heavy atom. The van der Waals surface area contributed by atoms with Crippen molar-refractivity contribution in [2.24, 2.45) is 0 Å². The number of halogens is 1. The van der Waals surface area contributed by atoms with Crippen molar-refractivity contribution in [3.05, 3.63) is 40.8 Å². The lowest BCUT2D eigenvalue weighted by Gasteiger charge is -2.22.